The number of fused-ring (bicyclic) bond motifs is 4. The number of carboxylic acids is 1. The van der Waals surface area contributed by atoms with E-state index in [-0.39, 0.29) is 17.6 Å². The maximum Gasteiger partial charge on any atom is 0.309 e. The molecule has 39 heavy (non-hydrogen) atoms. The summed E-state index contributed by atoms with van der Waals surface area (Å²) in [5.74, 6) is -1.71. The molecular weight excluding hydrogens is 559 g/mol. The van der Waals surface area contributed by atoms with Crippen LogP contribution in [0.5, 0.6) is 0 Å². The molecule has 7 rings (SSSR count). The number of hydrogen-bond acceptors (Lipinski definition) is 3. The van der Waals surface area contributed by atoms with Crippen LogP contribution in [0.1, 0.15) is 59.5 Å². The molecule has 3 aliphatic rings. The molecule has 0 spiro atoms. The zero-order chi connectivity index (χ0) is 27.4. The molecule has 198 valence electrons. The molecule has 4 aromatic rings. The summed E-state index contributed by atoms with van der Waals surface area (Å²) in [5.41, 5.74) is 2.89. The van der Waals surface area contributed by atoms with Gasteiger partial charge in [0.2, 0.25) is 0 Å². The number of rotatable bonds is 5. The number of benzene rings is 3. The molecule has 3 aliphatic carbocycles. The lowest BCUT2D eigenvalue weighted by Crippen LogP contribution is -2.62. The van der Waals surface area contributed by atoms with Gasteiger partial charge in [-0.05, 0) is 80.5 Å². The van der Waals surface area contributed by atoms with Crippen LogP contribution in [0.3, 0.4) is 0 Å². The Morgan fingerprint density at radius 1 is 1.00 bits per heavy atom. The van der Waals surface area contributed by atoms with Crippen LogP contribution in [0.4, 0.5) is 4.39 Å². The number of amides is 1. The largest absolute Gasteiger partial charge is 0.481 e. The van der Waals surface area contributed by atoms with Crippen molar-refractivity contribution in [3.05, 3.63) is 99.8 Å². The molecule has 3 fully saturated rings. The fourth-order valence-electron chi connectivity index (χ4n) is 6.78. The molecule has 0 aliphatic heterocycles. The molecule has 7 heteroatoms. The average Bonchev–Trinajstić information content (AvgIpc) is 2.93. The Bertz CT molecular complexity index is 1610. The zero-order valence-corrected chi connectivity index (χ0v) is 23.1. The van der Waals surface area contributed by atoms with E-state index in [0.717, 1.165) is 32.2 Å². The van der Waals surface area contributed by atoms with Crippen molar-refractivity contribution in [1.29, 1.82) is 0 Å². The van der Waals surface area contributed by atoms with Gasteiger partial charge >= 0.3 is 5.97 Å². The summed E-state index contributed by atoms with van der Waals surface area (Å²) in [6.45, 7) is 1.92. The van der Waals surface area contributed by atoms with Gasteiger partial charge in [-0.1, -0.05) is 58.4 Å². The van der Waals surface area contributed by atoms with E-state index >= 15 is 0 Å². The van der Waals surface area contributed by atoms with E-state index < -0.39 is 16.9 Å². The third-order valence-electron chi connectivity index (χ3n) is 8.89. The Morgan fingerprint density at radius 2 is 1.74 bits per heavy atom. The van der Waals surface area contributed by atoms with E-state index in [1.54, 1.807) is 6.07 Å². The number of carboxylic acid groups (broad SMARTS) is 1. The lowest BCUT2D eigenvalue weighted by atomic mass is 9.51. The molecular formula is C32H28BrFN2O3. The Kier molecular flexibility index (Phi) is 6.29. The van der Waals surface area contributed by atoms with Gasteiger partial charge < -0.3 is 10.4 Å². The topological polar surface area (TPSA) is 79.3 Å². The van der Waals surface area contributed by atoms with Gasteiger partial charge in [0.15, 0.2) is 0 Å². The summed E-state index contributed by atoms with van der Waals surface area (Å²) in [7, 11) is 0. The van der Waals surface area contributed by atoms with Gasteiger partial charge in [0.1, 0.15) is 5.82 Å². The van der Waals surface area contributed by atoms with Gasteiger partial charge in [0.05, 0.1) is 22.2 Å². The molecule has 1 heterocycles. The van der Waals surface area contributed by atoms with Gasteiger partial charge in [0.25, 0.3) is 5.91 Å². The Hall–Kier alpha value is -3.58. The van der Waals surface area contributed by atoms with Crippen LogP contribution >= 0.6 is 15.9 Å². The number of carbonyl (C=O) groups excluding carboxylic acids is 1. The molecule has 1 unspecified atom stereocenters. The summed E-state index contributed by atoms with van der Waals surface area (Å²) >= 11 is 3.55. The standard InChI is InChI=1S/C32H28BrFN2O3/c1-19-27(24-17-22(33)10-11-26(24)35-28(19)20-6-3-2-4-7-20)29(37)36-32-14-12-31(13-15-32,30(38)39)18-25(32)21-8-5-9-23(34)16-21/h2-11,16-17,25H,12-15,18H2,1H3,(H,36,37)(H,38,39). The second-order valence-electron chi connectivity index (χ2n) is 11.0. The minimum absolute atomic E-state index is 0.221. The first kappa shape index (κ1) is 25.7. The molecule has 5 nitrogen and oxygen atoms in total. The van der Waals surface area contributed by atoms with Crippen LogP contribution in [-0.2, 0) is 4.79 Å². The first-order valence-corrected chi connectivity index (χ1v) is 14.0. The molecule has 2 N–H and O–H groups in total. The van der Waals surface area contributed by atoms with Crippen molar-refractivity contribution in [2.45, 2.75) is 50.5 Å². The minimum Gasteiger partial charge on any atom is -0.481 e. The lowest BCUT2D eigenvalue weighted by Gasteiger charge is -2.56. The monoisotopic (exact) mass is 586 g/mol. The highest BCUT2D eigenvalue weighted by molar-refractivity contribution is 9.10. The van der Waals surface area contributed by atoms with Gasteiger partial charge in [-0.2, -0.15) is 0 Å². The van der Waals surface area contributed by atoms with E-state index in [9.17, 15) is 19.1 Å². The highest BCUT2D eigenvalue weighted by Gasteiger charge is 2.58. The van der Waals surface area contributed by atoms with E-state index in [2.05, 4.69) is 21.2 Å². The maximum absolute atomic E-state index is 14.3. The summed E-state index contributed by atoms with van der Waals surface area (Å²) in [6.07, 6.45) is 2.35. The van der Waals surface area contributed by atoms with Crippen molar-refractivity contribution in [1.82, 2.24) is 10.3 Å². The quantitative estimate of drug-likeness (QED) is 0.255. The smallest absolute Gasteiger partial charge is 0.309 e. The molecule has 0 saturated heterocycles. The van der Waals surface area contributed by atoms with Crippen LogP contribution in [0.25, 0.3) is 22.2 Å². The number of nitrogens with one attached hydrogen (secondary N) is 1. The van der Waals surface area contributed by atoms with Crippen molar-refractivity contribution in [3.8, 4) is 11.3 Å². The Balaban J connectivity index is 1.47. The predicted molar refractivity (Wildman–Crippen MR) is 152 cm³/mol. The predicted octanol–water partition coefficient (Wildman–Crippen LogP) is 7.41. The van der Waals surface area contributed by atoms with Gasteiger partial charge in [-0.3, -0.25) is 9.59 Å². The maximum atomic E-state index is 14.3. The van der Waals surface area contributed by atoms with Gasteiger partial charge in [0, 0.05) is 26.9 Å². The zero-order valence-electron chi connectivity index (χ0n) is 21.5. The van der Waals surface area contributed by atoms with Crippen LogP contribution in [0, 0.1) is 18.2 Å². The Labute approximate surface area is 234 Å². The van der Waals surface area contributed by atoms with Crippen molar-refractivity contribution in [3.63, 3.8) is 0 Å². The van der Waals surface area contributed by atoms with Crippen LogP contribution in [0.15, 0.2) is 77.3 Å². The number of halogens is 2. The average molecular weight is 587 g/mol. The molecule has 1 amide bonds. The minimum atomic E-state index is -0.853. The number of aliphatic carboxylic acids is 1. The van der Waals surface area contributed by atoms with Gasteiger partial charge in [-0.15, -0.1) is 0 Å². The SMILES string of the molecule is Cc1c(-c2ccccc2)nc2ccc(Br)cc2c1C(=O)NC12CCC(C(=O)O)(CC1)CC2c1cccc(F)c1. The van der Waals surface area contributed by atoms with Crippen LogP contribution in [-0.4, -0.2) is 27.5 Å². The lowest BCUT2D eigenvalue weighted by molar-refractivity contribution is -0.157. The molecule has 1 aromatic heterocycles. The number of aromatic nitrogens is 1. The van der Waals surface area contributed by atoms with E-state index in [1.165, 1.54) is 12.1 Å². The van der Waals surface area contributed by atoms with Crippen molar-refractivity contribution < 1.29 is 19.1 Å². The number of nitrogens with zero attached hydrogens (tertiary/aromatic N) is 1. The van der Waals surface area contributed by atoms with Crippen molar-refractivity contribution >= 4 is 38.7 Å². The first-order valence-electron chi connectivity index (χ1n) is 13.2. The van der Waals surface area contributed by atoms with Crippen molar-refractivity contribution in [2.75, 3.05) is 0 Å². The molecule has 0 radical (unpaired) electrons. The third kappa shape index (κ3) is 4.33. The number of pyridine rings is 1. The second-order valence-corrected chi connectivity index (χ2v) is 11.9. The fourth-order valence-corrected chi connectivity index (χ4v) is 7.14. The van der Waals surface area contributed by atoms with E-state index in [4.69, 9.17) is 4.98 Å². The molecule has 2 bridgehead atoms. The summed E-state index contributed by atoms with van der Waals surface area (Å²) in [5, 5.41) is 14.3. The third-order valence-corrected chi connectivity index (χ3v) is 9.39. The highest BCUT2D eigenvalue weighted by Crippen LogP contribution is 2.59. The van der Waals surface area contributed by atoms with E-state index in [1.807, 2.05) is 61.5 Å². The van der Waals surface area contributed by atoms with E-state index in [0.29, 0.717) is 43.2 Å². The fraction of sp³-hybridized carbons (Fsp3) is 0.281. The summed E-state index contributed by atoms with van der Waals surface area (Å²) < 4.78 is 15.2. The number of carbonyl (C=O) groups is 2. The molecule has 1 atom stereocenters. The second kappa shape index (κ2) is 9.56. The van der Waals surface area contributed by atoms with Gasteiger partial charge in [-0.25, -0.2) is 9.37 Å². The highest BCUT2D eigenvalue weighted by atomic mass is 79.9. The molecule has 3 saturated carbocycles. The summed E-state index contributed by atoms with van der Waals surface area (Å²) in [4.78, 5) is 31.6. The number of hydrogen-bond donors (Lipinski definition) is 2. The Morgan fingerprint density at radius 3 is 2.44 bits per heavy atom. The first-order chi connectivity index (χ1) is 18.7. The van der Waals surface area contributed by atoms with Crippen LogP contribution < -0.4 is 5.32 Å². The van der Waals surface area contributed by atoms with Crippen LogP contribution in [0.2, 0.25) is 0 Å². The molecule has 3 aromatic carbocycles. The van der Waals surface area contributed by atoms with Crippen molar-refractivity contribution in [2.24, 2.45) is 5.41 Å². The normalized spacial score (nSPS) is 24.0. The summed E-state index contributed by atoms with van der Waals surface area (Å²) in [6, 6.07) is 21.9.